The number of nitrogens with two attached hydrogens (primary N) is 1. The van der Waals surface area contributed by atoms with Crippen LogP contribution in [0.1, 0.15) is 25.8 Å². The van der Waals surface area contributed by atoms with Crippen molar-refractivity contribution >= 4 is 16.1 Å². The Morgan fingerprint density at radius 2 is 1.76 bits per heavy atom. The van der Waals surface area contributed by atoms with Gasteiger partial charge in [-0.1, -0.05) is 12.1 Å². The number of nitrogens with zero attached hydrogens (tertiary/aromatic N) is 1. The van der Waals surface area contributed by atoms with Crippen molar-refractivity contribution < 1.29 is 13.2 Å². The van der Waals surface area contributed by atoms with Crippen LogP contribution in [0.4, 0.5) is 4.79 Å². The Bertz CT molecular complexity index is 551. The van der Waals surface area contributed by atoms with E-state index >= 15 is 0 Å². The summed E-state index contributed by atoms with van der Waals surface area (Å²) in [6.45, 7) is 5.85. The van der Waals surface area contributed by atoms with Gasteiger partial charge in [-0.2, -0.15) is 0 Å². The minimum atomic E-state index is -3.63. The van der Waals surface area contributed by atoms with Gasteiger partial charge in [0.1, 0.15) is 0 Å². The number of benzene rings is 1. The topological polar surface area (TPSA) is 92.5 Å². The number of rotatable bonds is 7. The number of carbonyl (C=O) groups is 1. The normalized spacial score (nSPS) is 11.2. The third kappa shape index (κ3) is 5.73. The third-order valence-corrected chi connectivity index (χ3v) is 4.15. The Morgan fingerprint density at radius 3 is 2.24 bits per heavy atom. The van der Waals surface area contributed by atoms with Crippen LogP contribution in [0.2, 0.25) is 0 Å². The fourth-order valence-electron chi connectivity index (χ4n) is 1.96. The lowest BCUT2D eigenvalue weighted by atomic mass is 10.1. The Labute approximate surface area is 126 Å². The highest BCUT2D eigenvalue weighted by Crippen LogP contribution is 2.10. The third-order valence-electron chi connectivity index (χ3n) is 3.22. The second-order valence-electron chi connectivity index (χ2n) is 4.70. The quantitative estimate of drug-likeness (QED) is 0.744. The van der Waals surface area contributed by atoms with Crippen LogP contribution in [0, 0.1) is 0 Å². The lowest BCUT2D eigenvalue weighted by molar-refractivity contribution is 0.203. The lowest BCUT2D eigenvalue weighted by Crippen LogP contribution is -2.40. The zero-order valence-electron chi connectivity index (χ0n) is 12.5. The Balaban J connectivity index is 2.38. The molecule has 0 atom stereocenters. The van der Waals surface area contributed by atoms with Gasteiger partial charge in [0, 0.05) is 19.6 Å². The molecule has 1 rings (SSSR count). The molecule has 0 bridgehead atoms. The summed E-state index contributed by atoms with van der Waals surface area (Å²) in [5, 5.41) is 7.90. The second kappa shape index (κ2) is 7.99. The summed E-state index contributed by atoms with van der Waals surface area (Å²) in [4.78, 5) is 13.5. The molecule has 21 heavy (non-hydrogen) atoms. The summed E-state index contributed by atoms with van der Waals surface area (Å²) in [7, 11) is -3.63. The first-order chi connectivity index (χ1) is 9.88. The van der Waals surface area contributed by atoms with E-state index in [9.17, 15) is 13.2 Å². The number of aryl methyl sites for hydroxylation is 1. The monoisotopic (exact) mass is 313 g/mol. The standard InChI is InChI=1S/C14H23N3O3S/c1-3-17(4-2)14(18)16-11-5-6-12-7-9-13(10-8-12)21(15,19)20/h7-10H,3-6,11H2,1-2H3,(H,16,18)(H2,15,19,20). The van der Waals surface area contributed by atoms with Crippen molar-refractivity contribution in [1.29, 1.82) is 0 Å². The molecular formula is C14H23N3O3S. The Kier molecular flexibility index (Phi) is 6.64. The second-order valence-corrected chi connectivity index (χ2v) is 6.26. The lowest BCUT2D eigenvalue weighted by Gasteiger charge is -2.19. The van der Waals surface area contributed by atoms with Crippen molar-refractivity contribution in [3.05, 3.63) is 29.8 Å². The van der Waals surface area contributed by atoms with Crippen LogP contribution in [0.15, 0.2) is 29.2 Å². The highest BCUT2D eigenvalue weighted by atomic mass is 32.2. The average molecular weight is 313 g/mol. The molecule has 0 aliphatic heterocycles. The number of carbonyl (C=O) groups excluding carboxylic acids is 1. The fourth-order valence-corrected chi connectivity index (χ4v) is 2.47. The van der Waals surface area contributed by atoms with Gasteiger partial charge in [0.05, 0.1) is 4.90 Å². The van der Waals surface area contributed by atoms with E-state index in [1.165, 1.54) is 12.1 Å². The van der Waals surface area contributed by atoms with Crippen molar-refractivity contribution in [2.45, 2.75) is 31.6 Å². The molecule has 118 valence electrons. The van der Waals surface area contributed by atoms with E-state index in [2.05, 4.69) is 5.32 Å². The molecule has 0 unspecified atom stereocenters. The number of sulfonamides is 1. The molecule has 0 radical (unpaired) electrons. The van der Waals surface area contributed by atoms with E-state index < -0.39 is 10.0 Å². The van der Waals surface area contributed by atoms with Crippen LogP contribution in [-0.2, 0) is 16.4 Å². The van der Waals surface area contributed by atoms with E-state index in [0.29, 0.717) is 19.6 Å². The minimum absolute atomic E-state index is 0.0513. The van der Waals surface area contributed by atoms with E-state index in [1.807, 2.05) is 13.8 Å². The average Bonchev–Trinajstić information content (AvgIpc) is 2.44. The zero-order chi connectivity index (χ0) is 15.9. The van der Waals surface area contributed by atoms with Crippen molar-refractivity contribution in [2.24, 2.45) is 5.14 Å². The van der Waals surface area contributed by atoms with Gasteiger partial charge in [-0.3, -0.25) is 0 Å². The molecule has 1 aromatic carbocycles. The molecule has 0 saturated heterocycles. The molecule has 6 nitrogen and oxygen atoms in total. The first-order valence-electron chi connectivity index (χ1n) is 7.03. The van der Waals surface area contributed by atoms with Gasteiger partial charge in [0.25, 0.3) is 0 Å². The summed E-state index contributed by atoms with van der Waals surface area (Å²) in [6, 6.07) is 6.43. The Morgan fingerprint density at radius 1 is 1.19 bits per heavy atom. The van der Waals surface area contributed by atoms with Gasteiger partial charge in [-0.05, 0) is 44.4 Å². The molecule has 2 amide bonds. The Hall–Kier alpha value is -1.60. The van der Waals surface area contributed by atoms with Gasteiger partial charge >= 0.3 is 6.03 Å². The van der Waals surface area contributed by atoms with Crippen LogP contribution >= 0.6 is 0 Å². The van der Waals surface area contributed by atoms with Crippen LogP contribution in [0.25, 0.3) is 0 Å². The van der Waals surface area contributed by atoms with Gasteiger partial charge in [-0.25, -0.2) is 18.4 Å². The summed E-state index contributed by atoms with van der Waals surface area (Å²) in [5.74, 6) is 0. The molecule has 0 fully saturated rings. The summed E-state index contributed by atoms with van der Waals surface area (Å²) < 4.78 is 22.3. The molecule has 0 heterocycles. The molecule has 1 aromatic rings. The predicted octanol–water partition coefficient (Wildman–Crippen LogP) is 1.32. The zero-order valence-corrected chi connectivity index (χ0v) is 13.3. The van der Waals surface area contributed by atoms with E-state index in [1.54, 1.807) is 17.0 Å². The van der Waals surface area contributed by atoms with Gasteiger partial charge < -0.3 is 10.2 Å². The fraction of sp³-hybridized carbons (Fsp3) is 0.500. The highest BCUT2D eigenvalue weighted by molar-refractivity contribution is 7.89. The van der Waals surface area contributed by atoms with Gasteiger partial charge in [-0.15, -0.1) is 0 Å². The number of nitrogens with one attached hydrogen (secondary N) is 1. The summed E-state index contributed by atoms with van der Waals surface area (Å²) in [5.41, 5.74) is 1.01. The summed E-state index contributed by atoms with van der Waals surface area (Å²) in [6.07, 6.45) is 1.56. The van der Waals surface area contributed by atoms with Crippen LogP contribution in [0.3, 0.4) is 0 Å². The molecule has 0 saturated carbocycles. The maximum absolute atomic E-state index is 11.7. The SMILES string of the molecule is CCN(CC)C(=O)NCCCc1ccc(S(N)(=O)=O)cc1. The van der Waals surface area contributed by atoms with Crippen molar-refractivity contribution in [3.63, 3.8) is 0 Å². The molecular weight excluding hydrogens is 290 g/mol. The van der Waals surface area contributed by atoms with E-state index in [4.69, 9.17) is 5.14 Å². The van der Waals surface area contributed by atoms with Crippen molar-refractivity contribution in [2.75, 3.05) is 19.6 Å². The minimum Gasteiger partial charge on any atom is -0.338 e. The van der Waals surface area contributed by atoms with Crippen LogP contribution in [-0.4, -0.2) is 39.0 Å². The molecule has 0 aromatic heterocycles. The molecule has 7 heteroatoms. The number of urea groups is 1. The first kappa shape index (κ1) is 17.5. The number of hydrogen-bond donors (Lipinski definition) is 2. The number of primary sulfonamides is 1. The first-order valence-corrected chi connectivity index (χ1v) is 8.57. The van der Waals surface area contributed by atoms with Gasteiger partial charge in [0.2, 0.25) is 10.0 Å². The molecule has 0 aliphatic rings. The number of hydrogen-bond acceptors (Lipinski definition) is 3. The molecule has 3 N–H and O–H groups in total. The van der Waals surface area contributed by atoms with Crippen molar-refractivity contribution in [3.8, 4) is 0 Å². The van der Waals surface area contributed by atoms with Gasteiger partial charge in [0.15, 0.2) is 0 Å². The molecule has 0 spiro atoms. The van der Waals surface area contributed by atoms with E-state index in [0.717, 1.165) is 18.4 Å². The molecule has 0 aliphatic carbocycles. The van der Waals surface area contributed by atoms with Crippen molar-refractivity contribution in [1.82, 2.24) is 10.2 Å². The maximum atomic E-state index is 11.7. The largest absolute Gasteiger partial charge is 0.338 e. The highest BCUT2D eigenvalue weighted by Gasteiger charge is 2.08. The summed E-state index contributed by atoms with van der Waals surface area (Å²) >= 11 is 0. The smallest absolute Gasteiger partial charge is 0.317 e. The van der Waals surface area contributed by atoms with E-state index in [-0.39, 0.29) is 10.9 Å². The predicted molar refractivity (Wildman–Crippen MR) is 82.5 cm³/mol. The number of amides is 2. The van der Waals surface area contributed by atoms with Crippen LogP contribution in [0.5, 0.6) is 0 Å². The maximum Gasteiger partial charge on any atom is 0.317 e. The van der Waals surface area contributed by atoms with Crippen LogP contribution < -0.4 is 10.5 Å².